The maximum Gasteiger partial charge on any atom is 0.338 e. The van der Waals surface area contributed by atoms with Crippen molar-refractivity contribution in [3.05, 3.63) is 23.7 Å². The van der Waals surface area contributed by atoms with Gasteiger partial charge >= 0.3 is 5.97 Å². The predicted molar refractivity (Wildman–Crippen MR) is 65.8 cm³/mol. The van der Waals surface area contributed by atoms with Crippen molar-refractivity contribution >= 4 is 17.8 Å². The standard InChI is InChI=1S/C12H16N2O5/c1-7(2)4-13-10(15)5-14-11(16)9-3-8(6-19-9)12(17)18/h3,6-7H,4-5H2,1-2H3,(H,13,15)(H,14,16)(H,17,18). The Labute approximate surface area is 110 Å². The van der Waals surface area contributed by atoms with Crippen LogP contribution in [0.4, 0.5) is 0 Å². The van der Waals surface area contributed by atoms with Gasteiger partial charge in [-0.2, -0.15) is 0 Å². The smallest absolute Gasteiger partial charge is 0.338 e. The maximum atomic E-state index is 11.5. The van der Waals surface area contributed by atoms with E-state index >= 15 is 0 Å². The molecule has 0 spiro atoms. The van der Waals surface area contributed by atoms with Crippen molar-refractivity contribution in [3.63, 3.8) is 0 Å². The Bertz CT molecular complexity index is 478. The van der Waals surface area contributed by atoms with Gasteiger partial charge in [-0.05, 0) is 5.92 Å². The number of aromatic carboxylic acids is 1. The summed E-state index contributed by atoms with van der Waals surface area (Å²) in [5, 5.41) is 13.6. The molecular weight excluding hydrogens is 252 g/mol. The monoisotopic (exact) mass is 268 g/mol. The molecule has 2 amide bonds. The Kier molecular flexibility index (Phi) is 5.11. The second-order valence-corrected chi connectivity index (χ2v) is 4.39. The Balaban J connectivity index is 2.42. The fourth-order valence-electron chi connectivity index (χ4n) is 1.20. The molecule has 1 rings (SSSR count). The Morgan fingerprint density at radius 3 is 2.53 bits per heavy atom. The molecule has 0 aliphatic rings. The van der Waals surface area contributed by atoms with E-state index in [0.29, 0.717) is 12.5 Å². The molecule has 0 aromatic carbocycles. The second kappa shape index (κ2) is 6.58. The number of carbonyl (C=O) groups is 3. The number of hydrogen-bond acceptors (Lipinski definition) is 4. The van der Waals surface area contributed by atoms with Gasteiger partial charge in [0.05, 0.1) is 12.1 Å². The highest BCUT2D eigenvalue weighted by atomic mass is 16.4. The predicted octanol–water partition coefficient (Wildman–Crippen LogP) is 0.480. The number of hydrogen-bond donors (Lipinski definition) is 3. The van der Waals surface area contributed by atoms with Crippen LogP contribution in [0, 0.1) is 5.92 Å². The minimum atomic E-state index is -1.18. The molecule has 0 aliphatic heterocycles. The molecule has 0 fully saturated rings. The highest BCUT2D eigenvalue weighted by Crippen LogP contribution is 2.07. The van der Waals surface area contributed by atoms with Crippen LogP contribution in [0.2, 0.25) is 0 Å². The molecule has 1 aromatic rings. The minimum Gasteiger partial charge on any atom is -0.478 e. The average molecular weight is 268 g/mol. The second-order valence-electron chi connectivity index (χ2n) is 4.39. The van der Waals surface area contributed by atoms with Gasteiger partial charge in [-0.3, -0.25) is 9.59 Å². The van der Waals surface area contributed by atoms with Crippen LogP contribution in [0.1, 0.15) is 34.8 Å². The van der Waals surface area contributed by atoms with Gasteiger partial charge in [0.1, 0.15) is 6.26 Å². The molecule has 0 aliphatic carbocycles. The molecule has 0 bridgehead atoms. The van der Waals surface area contributed by atoms with E-state index in [0.717, 1.165) is 12.3 Å². The van der Waals surface area contributed by atoms with Crippen LogP contribution in [0.3, 0.4) is 0 Å². The maximum absolute atomic E-state index is 11.5. The topological polar surface area (TPSA) is 109 Å². The zero-order valence-corrected chi connectivity index (χ0v) is 10.7. The van der Waals surface area contributed by atoms with Crippen LogP contribution in [0.5, 0.6) is 0 Å². The van der Waals surface area contributed by atoms with Gasteiger partial charge in [0.2, 0.25) is 5.91 Å². The molecule has 0 saturated heterocycles. The third-order valence-corrected chi connectivity index (χ3v) is 2.19. The average Bonchev–Trinajstić information content (AvgIpc) is 2.83. The molecule has 0 atom stereocenters. The van der Waals surface area contributed by atoms with Crippen molar-refractivity contribution in [2.24, 2.45) is 5.92 Å². The summed E-state index contributed by atoms with van der Waals surface area (Å²) < 4.78 is 4.79. The summed E-state index contributed by atoms with van der Waals surface area (Å²) in [6, 6.07) is 1.10. The first-order valence-electron chi connectivity index (χ1n) is 5.77. The van der Waals surface area contributed by atoms with Gasteiger partial charge < -0.3 is 20.2 Å². The molecule has 1 aromatic heterocycles. The first-order valence-corrected chi connectivity index (χ1v) is 5.77. The van der Waals surface area contributed by atoms with Crippen molar-refractivity contribution < 1.29 is 23.9 Å². The normalized spacial score (nSPS) is 10.3. The number of carboxylic acids is 1. The number of nitrogens with one attached hydrogen (secondary N) is 2. The van der Waals surface area contributed by atoms with Gasteiger partial charge in [-0.15, -0.1) is 0 Å². The summed E-state index contributed by atoms with van der Waals surface area (Å²) in [4.78, 5) is 33.5. The van der Waals surface area contributed by atoms with Gasteiger partial charge in [0.15, 0.2) is 5.76 Å². The lowest BCUT2D eigenvalue weighted by Gasteiger charge is -2.07. The van der Waals surface area contributed by atoms with E-state index in [1.165, 1.54) is 0 Å². The zero-order chi connectivity index (χ0) is 14.4. The van der Waals surface area contributed by atoms with Crippen LogP contribution in [-0.4, -0.2) is 36.0 Å². The summed E-state index contributed by atoms with van der Waals surface area (Å²) in [5.74, 6) is -1.95. The van der Waals surface area contributed by atoms with Crippen LogP contribution in [0.15, 0.2) is 16.7 Å². The van der Waals surface area contributed by atoms with E-state index in [9.17, 15) is 14.4 Å². The van der Waals surface area contributed by atoms with E-state index in [1.807, 2.05) is 13.8 Å². The number of carboxylic acid groups (broad SMARTS) is 1. The molecule has 7 heteroatoms. The van der Waals surface area contributed by atoms with Crippen LogP contribution >= 0.6 is 0 Å². The molecular formula is C12H16N2O5. The van der Waals surface area contributed by atoms with E-state index < -0.39 is 11.9 Å². The van der Waals surface area contributed by atoms with Crippen molar-refractivity contribution in [1.82, 2.24) is 10.6 Å². The summed E-state index contributed by atoms with van der Waals surface area (Å²) in [6.07, 6.45) is 0.968. The fraction of sp³-hybridized carbons (Fsp3) is 0.417. The van der Waals surface area contributed by atoms with Gasteiger partial charge in [0.25, 0.3) is 5.91 Å². The van der Waals surface area contributed by atoms with Crippen molar-refractivity contribution in [2.45, 2.75) is 13.8 Å². The van der Waals surface area contributed by atoms with Crippen molar-refractivity contribution in [1.29, 1.82) is 0 Å². The quantitative estimate of drug-likeness (QED) is 0.695. The van der Waals surface area contributed by atoms with Gasteiger partial charge in [-0.1, -0.05) is 13.8 Å². The highest BCUT2D eigenvalue weighted by Gasteiger charge is 2.15. The zero-order valence-electron chi connectivity index (χ0n) is 10.7. The SMILES string of the molecule is CC(C)CNC(=O)CNC(=O)c1cc(C(=O)O)co1. The van der Waals surface area contributed by atoms with Crippen molar-refractivity contribution in [2.75, 3.05) is 13.1 Å². The molecule has 0 radical (unpaired) electrons. The Morgan fingerprint density at radius 1 is 1.32 bits per heavy atom. The lowest BCUT2D eigenvalue weighted by atomic mass is 10.2. The molecule has 19 heavy (non-hydrogen) atoms. The first kappa shape index (κ1) is 14.7. The summed E-state index contributed by atoms with van der Waals surface area (Å²) in [6.45, 7) is 4.25. The van der Waals surface area contributed by atoms with Crippen LogP contribution < -0.4 is 10.6 Å². The van der Waals surface area contributed by atoms with Crippen LogP contribution in [-0.2, 0) is 4.79 Å². The molecule has 7 nitrogen and oxygen atoms in total. The summed E-state index contributed by atoms with van der Waals surface area (Å²) in [7, 11) is 0. The molecule has 3 N–H and O–H groups in total. The van der Waals surface area contributed by atoms with Gasteiger partial charge in [-0.25, -0.2) is 4.79 Å². The highest BCUT2D eigenvalue weighted by molar-refractivity contribution is 5.97. The number of carbonyl (C=O) groups excluding carboxylic acids is 2. The number of amides is 2. The minimum absolute atomic E-state index is 0.116. The number of rotatable bonds is 6. The lowest BCUT2D eigenvalue weighted by molar-refractivity contribution is -0.120. The molecule has 0 saturated carbocycles. The van der Waals surface area contributed by atoms with E-state index in [-0.39, 0.29) is 23.8 Å². The largest absolute Gasteiger partial charge is 0.478 e. The third-order valence-electron chi connectivity index (χ3n) is 2.19. The Hall–Kier alpha value is -2.31. The summed E-state index contributed by atoms with van der Waals surface area (Å²) in [5.41, 5.74) is -0.116. The Morgan fingerprint density at radius 2 is 2.00 bits per heavy atom. The third kappa shape index (κ3) is 4.82. The number of furan rings is 1. The molecule has 1 heterocycles. The van der Waals surface area contributed by atoms with E-state index in [4.69, 9.17) is 9.52 Å². The van der Waals surface area contributed by atoms with Gasteiger partial charge in [0, 0.05) is 12.6 Å². The van der Waals surface area contributed by atoms with Crippen LogP contribution in [0.25, 0.3) is 0 Å². The lowest BCUT2D eigenvalue weighted by Crippen LogP contribution is -2.38. The summed E-state index contributed by atoms with van der Waals surface area (Å²) >= 11 is 0. The van der Waals surface area contributed by atoms with E-state index in [1.54, 1.807) is 0 Å². The van der Waals surface area contributed by atoms with Crippen molar-refractivity contribution in [3.8, 4) is 0 Å². The fourth-order valence-corrected chi connectivity index (χ4v) is 1.20. The first-order chi connectivity index (χ1) is 8.90. The molecule has 104 valence electrons. The van der Waals surface area contributed by atoms with E-state index in [2.05, 4.69) is 10.6 Å². The molecule has 0 unspecified atom stereocenters.